The number of nitrogens with zero attached hydrogens (tertiary/aromatic N) is 2. The first-order valence-corrected chi connectivity index (χ1v) is 9.19. The lowest BCUT2D eigenvalue weighted by Crippen LogP contribution is -2.32. The fourth-order valence-corrected chi connectivity index (χ4v) is 2.59. The zero-order valence-electron chi connectivity index (χ0n) is 16.4. The molecule has 3 rings (SSSR count). The van der Waals surface area contributed by atoms with E-state index in [1.165, 1.54) is 18.3 Å². The highest BCUT2D eigenvalue weighted by molar-refractivity contribution is 6.39. The number of hydrazone groups is 1. The zero-order chi connectivity index (χ0) is 22.2. The topological polar surface area (TPSA) is 136 Å². The summed E-state index contributed by atoms with van der Waals surface area (Å²) >= 11 is 0. The summed E-state index contributed by atoms with van der Waals surface area (Å²) in [5, 5.41) is 17.0. The third-order valence-electron chi connectivity index (χ3n) is 3.97. The van der Waals surface area contributed by atoms with E-state index in [0.29, 0.717) is 29.4 Å². The molecule has 2 aromatic carbocycles. The molecule has 0 radical (unpaired) electrons. The molecule has 2 N–H and O–H groups in total. The Balaban J connectivity index is 1.60. The lowest BCUT2D eigenvalue weighted by Gasteiger charge is -2.10. The molecule has 3 aromatic rings. The van der Waals surface area contributed by atoms with Crippen LogP contribution in [-0.4, -0.2) is 29.6 Å². The van der Waals surface area contributed by atoms with E-state index in [0.717, 1.165) is 0 Å². The van der Waals surface area contributed by atoms with Gasteiger partial charge in [0.1, 0.15) is 17.3 Å². The van der Waals surface area contributed by atoms with Crippen LogP contribution in [0.1, 0.15) is 12.7 Å². The van der Waals surface area contributed by atoms with Crippen molar-refractivity contribution < 1.29 is 23.7 Å². The lowest BCUT2D eigenvalue weighted by molar-refractivity contribution is -0.384. The predicted octanol–water partition coefficient (Wildman–Crippen LogP) is 3.34. The Hall–Kier alpha value is -4.47. The number of amides is 2. The third kappa shape index (κ3) is 5.54. The van der Waals surface area contributed by atoms with Gasteiger partial charge in [0.2, 0.25) is 0 Å². The SMILES string of the molecule is CCOc1ccccc1NC(=O)C(=O)N/N=C/c1ccc(-c2cccc([N+](=O)[O-])c2)o1. The molecule has 0 aliphatic heterocycles. The fraction of sp³-hybridized carbons (Fsp3) is 0.0952. The average molecular weight is 422 g/mol. The van der Waals surface area contributed by atoms with Crippen molar-refractivity contribution in [3.63, 3.8) is 0 Å². The molecule has 0 saturated heterocycles. The molecule has 10 heteroatoms. The van der Waals surface area contributed by atoms with Crippen molar-refractivity contribution in [2.75, 3.05) is 11.9 Å². The minimum absolute atomic E-state index is 0.0618. The second-order valence-corrected chi connectivity index (χ2v) is 6.09. The van der Waals surface area contributed by atoms with Crippen molar-refractivity contribution in [3.8, 4) is 17.1 Å². The van der Waals surface area contributed by atoms with Crippen LogP contribution in [0, 0.1) is 10.1 Å². The number of rotatable bonds is 7. The van der Waals surface area contributed by atoms with Gasteiger partial charge in [-0.1, -0.05) is 24.3 Å². The molecule has 31 heavy (non-hydrogen) atoms. The number of carbonyl (C=O) groups excluding carboxylic acids is 2. The first kappa shape index (κ1) is 21.2. The van der Waals surface area contributed by atoms with Crippen molar-refractivity contribution in [2.24, 2.45) is 5.10 Å². The van der Waals surface area contributed by atoms with Gasteiger partial charge in [0.25, 0.3) is 5.69 Å². The quantitative estimate of drug-likeness (QED) is 0.259. The van der Waals surface area contributed by atoms with Crippen molar-refractivity contribution in [3.05, 3.63) is 76.5 Å². The molecule has 0 unspecified atom stereocenters. The number of benzene rings is 2. The smallest absolute Gasteiger partial charge is 0.329 e. The summed E-state index contributed by atoms with van der Waals surface area (Å²) in [6, 6.07) is 15.9. The molecule has 1 aromatic heterocycles. The van der Waals surface area contributed by atoms with Gasteiger partial charge >= 0.3 is 11.8 Å². The second-order valence-electron chi connectivity index (χ2n) is 6.09. The van der Waals surface area contributed by atoms with Gasteiger partial charge in [-0.25, -0.2) is 5.43 Å². The molecular weight excluding hydrogens is 404 g/mol. The molecule has 158 valence electrons. The van der Waals surface area contributed by atoms with E-state index in [9.17, 15) is 19.7 Å². The van der Waals surface area contributed by atoms with E-state index >= 15 is 0 Å². The first-order valence-electron chi connectivity index (χ1n) is 9.19. The number of hydrogen-bond donors (Lipinski definition) is 2. The number of ether oxygens (including phenoxy) is 1. The number of furan rings is 1. The molecule has 2 amide bonds. The van der Waals surface area contributed by atoms with Gasteiger partial charge in [-0.2, -0.15) is 5.10 Å². The molecule has 10 nitrogen and oxygen atoms in total. The van der Waals surface area contributed by atoms with Gasteiger partial charge < -0.3 is 14.5 Å². The highest BCUT2D eigenvalue weighted by Gasteiger charge is 2.15. The summed E-state index contributed by atoms with van der Waals surface area (Å²) in [6.07, 6.45) is 1.21. The van der Waals surface area contributed by atoms with Crippen molar-refractivity contribution in [1.82, 2.24) is 5.43 Å². The Labute approximate surface area is 176 Å². The summed E-state index contributed by atoms with van der Waals surface area (Å²) in [6.45, 7) is 2.21. The molecule has 0 atom stereocenters. The van der Waals surface area contributed by atoms with Crippen molar-refractivity contribution in [1.29, 1.82) is 0 Å². The largest absolute Gasteiger partial charge is 0.492 e. The Kier molecular flexibility index (Phi) is 6.74. The van der Waals surface area contributed by atoms with Crippen LogP contribution in [-0.2, 0) is 9.59 Å². The first-order chi connectivity index (χ1) is 15.0. The van der Waals surface area contributed by atoms with Gasteiger partial charge in [-0.15, -0.1) is 0 Å². The summed E-state index contributed by atoms with van der Waals surface area (Å²) in [5.41, 5.74) is 2.92. The molecule has 0 saturated carbocycles. The standard InChI is InChI=1S/C21H18N4O6/c1-2-30-19-9-4-3-8-17(19)23-20(26)21(27)24-22-13-16-10-11-18(31-16)14-6-5-7-15(12-14)25(28)29/h3-13H,2H2,1H3,(H,23,26)(H,24,27)/b22-13+. The summed E-state index contributed by atoms with van der Waals surface area (Å²) in [4.78, 5) is 34.4. The summed E-state index contributed by atoms with van der Waals surface area (Å²) in [5.74, 6) is -0.779. The maximum atomic E-state index is 12.1. The van der Waals surface area contributed by atoms with Crippen LogP contribution in [0.15, 0.2) is 70.2 Å². The minimum Gasteiger partial charge on any atom is -0.492 e. The van der Waals surface area contributed by atoms with Crippen LogP contribution in [0.5, 0.6) is 5.75 Å². The predicted molar refractivity (Wildman–Crippen MR) is 113 cm³/mol. The van der Waals surface area contributed by atoms with Gasteiger partial charge in [0, 0.05) is 17.7 Å². The van der Waals surface area contributed by atoms with E-state index in [4.69, 9.17) is 9.15 Å². The summed E-state index contributed by atoms with van der Waals surface area (Å²) in [7, 11) is 0. The number of nitrogens with one attached hydrogen (secondary N) is 2. The monoisotopic (exact) mass is 422 g/mol. The molecule has 0 aliphatic carbocycles. The van der Waals surface area contributed by atoms with Crippen molar-refractivity contribution in [2.45, 2.75) is 6.92 Å². The molecular formula is C21H18N4O6. The zero-order valence-corrected chi connectivity index (χ0v) is 16.4. The average Bonchev–Trinajstić information content (AvgIpc) is 3.24. The number of para-hydroxylation sites is 2. The highest BCUT2D eigenvalue weighted by atomic mass is 16.6. The van der Waals surface area contributed by atoms with Gasteiger partial charge in [-0.05, 0) is 31.2 Å². The van der Waals surface area contributed by atoms with Crippen LogP contribution in [0.2, 0.25) is 0 Å². The lowest BCUT2D eigenvalue weighted by atomic mass is 10.1. The van der Waals surface area contributed by atoms with Gasteiger partial charge in [0.05, 0.1) is 23.4 Å². The minimum atomic E-state index is -0.979. The van der Waals surface area contributed by atoms with E-state index < -0.39 is 16.7 Å². The molecule has 0 aliphatic rings. The van der Waals surface area contributed by atoms with Gasteiger partial charge in [-0.3, -0.25) is 19.7 Å². The van der Waals surface area contributed by atoms with E-state index in [2.05, 4.69) is 15.8 Å². The van der Waals surface area contributed by atoms with E-state index in [1.807, 2.05) is 0 Å². The maximum absolute atomic E-state index is 12.1. The molecule has 0 spiro atoms. The second kappa shape index (κ2) is 9.83. The number of nitro benzene ring substituents is 1. The number of carbonyl (C=O) groups is 2. The fourth-order valence-electron chi connectivity index (χ4n) is 2.59. The van der Waals surface area contributed by atoms with Crippen LogP contribution in [0.25, 0.3) is 11.3 Å². The normalized spacial score (nSPS) is 10.6. The highest BCUT2D eigenvalue weighted by Crippen LogP contribution is 2.25. The third-order valence-corrected chi connectivity index (χ3v) is 3.97. The maximum Gasteiger partial charge on any atom is 0.329 e. The van der Waals surface area contributed by atoms with Crippen LogP contribution in [0.4, 0.5) is 11.4 Å². The number of anilines is 1. The van der Waals surface area contributed by atoms with E-state index in [-0.39, 0.29) is 11.4 Å². The molecule has 0 bridgehead atoms. The molecule has 1 heterocycles. The Morgan fingerprint density at radius 3 is 2.71 bits per heavy atom. The number of non-ortho nitro benzene ring substituents is 1. The number of nitro groups is 1. The Bertz CT molecular complexity index is 1140. The van der Waals surface area contributed by atoms with Crippen LogP contribution in [0.3, 0.4) is 0 Å². The van der Waals surface area contributed by atoms with Gasteiger partial charge in [0.15, 0.2) is 0 Å². The van der Waals surface area contributed by atoms with Crippen LogP contribution < -0.4 is 15.5 Å². The summed E-state index contributed by atoms with van der Waals surface area (Å²) < 4.78 is 10.9. The number of hydrogen-bond acceptors (Lipinski definition) is 7. The van der Waals surface area contributed by atoms with E-state index in [1.54, 1.807) is 55.5 Å². The van der Waals surface area contributed by atoms with Crippen LogP contribution >= 0.6 is 0 Å². The Morgan fingerprint density at radius 2 is 1.94 bits per heavy atom. The van der Waals surface area contributed by atoms with Crippen molar-refractivity contribution >= 4 is 29.4 Å². The molecule has 0 fully saturated rings. The Morgan fingerprint density at radius 1 is 1.13 bits per heavy atom.